The average molecular weight is 218 g/mol. The molecule has 1 unspecified atom stereocenters. The van der Waals surface area contributed by atoms with Crippen molar-refractivity contribution < 1.29 is 0 Å². The van der Waals surface area contributed by atoms with Gasteiger partial charge in [0.05, 0.1) is 5.69 Å². The van der Waals surface area contributed by atoms with Crippen molar-refractivity contribution in [3.8, 4) is 0 Å². The summed E-state index contributed by atoms with van der Waals surface area (Å²) in [6, 6.07) is 6.57. The summed E-state index contributed by atoms with van der Waals surface area (Å²) in [5, 5.41) is 3.54. The lowest BCUT2D eigenvalue weighted by atomic mass is 10.1. The molecular formula is C14H22N2. The molecule has 0 amide bonds. The van der Waals surface area contributed by atoms with E-state index in [0.717, 1.165) is 37.2 Å². The third kappa shape index (κ3) is 4.15. The molecule has 0 aliphatic carbocycles. The van der Waals surface area contributed by atoms with Crippen LogP contribution in [0, 0.1) is 6.92 Å². The van der Waals surface area contributed by atoms with Crippen LogP contribution in [0.4, 0.5) is 0 Å². The third-order valence-corrected chi connectivity index (χ3v) is 2.57. The van der Waals surface area contributed by atoms with Gasteiger partial charge >= 0.3 is 0 Å². The van der Waals surface area contributed by atoms with Gasteiger partial charge in [0.1, 0.15) is 0 Å². The maximum atomic E-state index is 4.58. The van der Waals surface area contributed by atoms with E-state index in [1.165, 1.54) is 0 Å². The zero-order valence-corrected chi connectivity index (χ0v) is 10.4. The minimum Gasteiger partial charge on any atom is -0.309 e. The van der Waals surface area contributed by atoms with Crippen molar-refractivity contribution in [3.63, 3.8) is 0 Å². The Morgan fingerprint density at radius 1 is 1.50 bits per heavy atom. The minimum atomic E-state index is 0.359. The quantitative estimate of drug-likeness (QED) is 0.709. The van der Waals surface area contributed by atoms with Crippen LogP contribution in [0.5, 0.6) is 0 Å². The zero-order chi connectivity index (χ0) is 11.8. The highest BCUT2D eigenvalue weighted by Crippen LogP contribution is 2.17. The lowest BCUT2D eigenvalue weighted by Gasteiger charge is -2.17. The number of hydrogen-bond donors (Lipinski definition) is 1. The zero-order valence-electron chi connectivity index (χ0n) is 10.4. The molecule has 0 bridgehead atoms. The molecule has 1 rings (SSSR count). The summed E-state index contributed by atoms with van der Waals surface area (Å²) in [5.74, 6) is 0. The molecule has 2 nitrogen and oxygen atoms in total. The van der Waals surface area contributed by atoms with Gasteiger partial charge in [-0.1, -0.05) is 19.1 Å². The summed E-state index contributed by atoms with van der Waals surface area (Å²) in [7, 11) is 0. The number of pyridine rings is 1. The molecule has 1 heterocycles. The highest BCUT2D eigenvalue weighted by atomic mass is 14.9. The van der Waals surface area contributed by atoms with Gasteiger partial charge in [-0.15, -0.1) is 6.58 Å². The smallest absolute Gasteiger partial charge is 0.0576 e. The Balaban J connectivity index is 2.69. The largest absolute Gasteiger partial charge is 0.309 e. The van der Waals surface area contributed by atoms with Crippen LogP contribution >= 0.6 is 0 Å². The maximum Gasteiger partial charge on any atom is 0.0576 e. The van der Waals surface area contributed by atoms with Gasteiger partial charge in [-0.2, -0.15) is 0 Å². The van der Waals surface area contributed by atoms with Crippen LogP contribution in [-0.4, -0.2) is 11.5 Å². The first-order chi connectivity index (χ1) is 7.77. The van der Waals surface area contributed by atoms with E-state index in [0.29, 0.717) is 6.04 Å². The van der Waals surface area contributed by atoms with Crippen LogP contribution in [0.3, 0.4) is 0 Å². The Morgan fingerprint density at radius 3 is 2.94 bits per heavy atom. The first-order valence-electron chi connectivity index (χ1n) is 6.05. The molecule has 2 heteroatoms. The SMILES string of the molecule is C=CCCC(NCCC)c1cccc(C)n1. The van der Waals surface area contributed by atoms with E-state index in [1.54, 1.807) is 0 Å². The number of rotatable bonds is 7. The molecule has 88 valence electrons. The van der Waals surface area contributed by atoms with Gasteiger partial charge in [-0.05, 0) is 44.9 Å². The second kappa shape index (κ2) is 7.18. The molecule has 1 N–H and O–H groups in total. The van der Waals surface area contributed by atoms with Gasteiger partial charge in [-0.3, -0.25) is 4.98 Å². The second-order valence-corrected chi connectivity index (χ2v) is 4.08. The molecule has 0 fully saturated rings. The molecule has 1 aromatic heterocycles. The number of allylic oxidation sites excluding steroid dienone is 1. The van der Waals surface area contributed by atoms with E-state index in [4.69, 9.17) is 0 Å². The molecule has 1 aromatic rings. The molecule has 0 aliphatic heterocycles. The van der Waals surface area contributed by atoms with Gasteiger partial charge in [0.2, 0.25) is 0 Å². The molecule has 1 atom stereocenters. The molecule has 0 saturated carbocycles. The first-order valence-corrected chi connectivity index (χ1v) is 6.05. The van der Waals surface area contributed by atoms with E-state index in [-0.39, 0.29) is 0 Å². The Kier molecular flexibility index (Phi) is 5.79. The minimum absolute atomic E-state index is 0.359. The first kappa shape index (κ1) is 12.9. The Hall–Kier alpha value is -1.15. The van der Waals surface area contributed by atoms with Crippen molar-refractivity contribution in [2.24, 2.45) is 0 Å². The summed E-state index contributed by atoms with van der Waals surface area (Å²) in [5.41, 5.74) is 2.23. The van der Waals surface area contributed by atoms with E-state index in [9.17, 15) is 0 Å². The third-order valence-electron chi connectivity index (χ3n) is 2.57. The van der Waals surface area contributed by atoms with Crippen LogP contribution in [0.25, 0.3) is 0 Å². The summed E-state index contributed by atoms with van der Waals surface area (Å²) in [6.45, 7) is 9.03. The van der Waals surface area contributed by atoms with E-state index in [2.05, 4.69) is 35.9 Å². The Bertz CT molecular complexity index is 320. The van der Waals surface area contributed by atoms with Crippen molar-refractivity contribution in [1.82, 2.24) is 10.3 Å². The topological polar surface area (TPSA) is 24.9 Å². The predicted molar refractivity (Wildman–Crippen MR) is 69.4 cm³/mol. The molecule has 0 spiro atoms. The highest BCUT2D eigenvalue weighted by molar-refractivity contribution is 5.13. The van der Waals surface area contributed by atoms with Crippen molar-refractivity contribution >= 4 is 0 Å². The number of hydrogen-bond acceptors (Lipinski definition) is 2. The Labute approximate surface area is 98.8 Å². The van der Waals surface area contributed by atoms with Gasteiger partial charge < -0.3 is 5.32 Å². The highest BCUT2D eigenvalue weighted by Gasteiger charge is 2.10. The van der Waals surface area contributed by atoms with Crippen molar-refractivity contribution in [3.05, 3.63) is 42.2 Å². The standard InChI is InChI=1S/C14H22N2/c1-4-6-9-13(15-11-5-2)14-10-7-8-12(3)16-14/h4,7-8,10,13,15H,1,5-6,9,11H2,2-3H3. The number of aryl methyl sites for hydroxylation is 1. The lowest BCUT2D eigenvalue weighted by Crippen LogP contribution is -2.23. The molecule has 0 saturated heterocycles. The number of aromatic nitrogens is 1. The van der Waals surface area contributed by atoms with Crippen LogP contribution in [0.2, 0.25) is 0 Å². The van der Waals surface area contributed by atoms with Crippen molar-refractivity contribution in [2.45, 2.75) is 39.2 Å². The summed E-state index contributed by atoms with van der Waals surface area (Å²) < 4.78 is 0. The van der Waals surface area contributed by atoms with Crippen LogP contribution < -0.4 is 5.32 Å². The van der Waals surface area contributed by atoms with E-state index >= 15 is 0 Å². The van der Waals surface area contributed by atoms with Crippen LogP contribution in [-0.2, 0) is 0 Å². The number of nitrogens with one attached hydrogen (secondary N) is 1. The fourth-order valence-corrected chi connectivity index (χ4v) is 1.72. The van der Waals surface area contributed by atoms with Gasteiger partial charge in [0, 0.05) is 11.7 Å². The molecule has 0 aromatic carbocycles. The molecule has 0 aliphatic rings. The fraction of sp³-hybridized carbons (Fsp3) is 0.500. The second-order valence-electron chi connectivity index (χ2n) is 4.08. The Morgan fingerprint density at radius 2 is 2.31 bits per heavy atom. The van der Waals surface area contributed by atoms with Crippen molar-refractivity contribution in [2.75, 3.05) is 6.54 Å². The molecular weight excluding hydrogens is 196 g/mol. The monoisotopic (exact) mass is 218 g/mol. The van der Waals surface area contributed by atoms with E-state index in [1.807, 2.05) is 19.1 Å². The van der Waals surface area contributed by atoms with Crippen molar-refractivity contribution in [1.29, 1.82) is 0 Å². The molecule has 16 heavy (non-hydrogen) atoms. The lowest BCUT2D eigenvalue weighted by molar-refractivity contribution is 0.492. The molecule has 0 radical (unpaired) electrons. The summed E-state index contributed by atoms with van der Waals surface area (Å²) in [6.07, 6.45) is 5.21. The predicted octanol–water partition coefficient (Wildman–Crippen LogP) is 3.40. The average Bonchev–Trinajstić information content (AvgIpc) is 2.29. The van der Waals surface area contributed by atoms with Crippen LogP contribution in [0.1, 0.15) is 43.6 Å². The van der Waals surface area contributed by atoms with E-state index < -0.39 is 0 Å². The summed E-state index contributed by atoms with van der Waals surface area (Å²) in [4.78, 5) is 4.58. The maximum absolute atomic E-state index is 4.58. The van der Waals surface area contributed by atoms with Gasteiger partial charge in [-0.25, -0.2) is 0 Å². The number of nitrogens with zero attached hydrogens (tertiary/aromatic N) is 1. The normalized spacial score (nSPS) is 12.4. The van der Waals surface area contributed by atoms with Gasteiger partial charge in [0.15, 0.2) is 0 Å². The fourth-order valence-electron chi connectivity index (χ4n) is 1.72. The summed E-state index contributed by atoms with van der Waals surface area (Å²) >= 11 is 0. The van der Waals surface area contributed by atoms with Gasteiger partial charge in [0.25, 0.3) is 0 Å². The van der Waals surface area contributed by atoms with Crippen LogP contribution in [0.15, 0.2) is 30.9 Å².